The number of hydrogen-bond acceptors (Lipinski definition) is 4. The molecule has 0 saturated heterocycles. The molecule has 0 bridgehead atoms. The van der Waals surface area contributed by atoms with Gasteiger partial charge in [-0.3, -0.25) is 4.99 Å². The standard InChI is InChI=1S/C21H35N3O3.HI/c1-4-27-20-15-17(10-11-19(20)25-3)7-5-12-23-21(22-2)24-13-6-14-26-16-18-8-9-18;/h10-11,15,18H,4-9,12-14,16H2,1-3H3,(H2,22,23,24);1H. The van der Waals surface area contributed by atoms with Crippen molar-refractivity contribution in [3.63, 3.8) is 0 Å². The Morgan fingerprint density at radius 1 is 1.14 bits per heavy atom. The van der Waals surface area contributed by atoms with Crippen LogP contribution in [0, 0.1) is 5.92 Å². The van der Waals surface area contributed by atoms with Gasteiger partial charge in [0.1, 0.15) is 0 Å². The summed E-state index contributed by atoms with van der Waals surface area (Å²) in [5.74, 6) is 3.28. The molecule has 2 N–H and O–H groups in total. The third kappa shape index (κ3) is 9.82. The van der Waals surface area contributed by atoms with Crippen molar-refractivity contribution >= 4 is 29.9 Å². The van der Waals surface area contributed by atoms with Crippen molar-refractivity contribution in [3.8, 4) is 11.5 Å². The third-order valence-corrected chi connectivity index (χ3v) is 4.49. The van der Waals surface area contributed by atoms with E-state index in [0.717, 1.165) is 68.9 Å². The molecule has 0 spiro atoms. The van der Waals surface area contributed by atoms with Crippen LogP contribution >= 0.6 is 24.0 Å². The molecule has 1 aromatic rings. The number of hydrogen-bond donors (Lipinski definition) is 2. The van der Waals surface area contributed by atoms with E-state index in [1.165, 1.54) is 18.4 Å². The Hall–Kier alpha value is -1.22. The molecule has 0 heterocycles. The number of aryl methyl sites for hydroxylation is 1. The van der Waals surface area contributed by atoms with E-state index in [1.54, 1.807) is 14.2 Å². The van der Waals surface area contributed by atoms with Crippen LogP contribution in [0.2, 0.25) is 0 Å². The Morgan fingerprint density at radius 2 is 1.89 bits per heavy atom. The first-order valence-electron chi connectivity index (χ1n) is 10.1. The minimum absolute atomic E-state index is 0. The average molecular weight is 505 g/mol. The van der Waals surface area contributed by atoms with Crippen molar-refractivity contribution in [2.45, 2.75) is 39.0 Å². The fourth-order valence-corrected chi connectivity index (χ4v) is 2.78. The first-order valence-corrected chi connectivity index (χ1v) is 10.1. The van der Waals surface area contributed by atoms with Crippen molar-refractivity contribution in [3.05, 3.63) is 23.8 Å². The number of nitrogens with zero attached hydrogens (tertiary/aromatic N) is 1. The van der Waals surface area contributed by atoms with Crippen LogP contribution < -0.4 is 20.1 Å². The minimum atomic E-state index is 0. The molecule has 0 amide bonds. The molecule has 1 aliphatic carbocycles. The van der Waals surface area contributed by atoms with E-state index in [9.17, 15) is 0 Å². The maximum atomic E-state index is 5.64. The second-order valence-electron chi connectivity index (χ2n) is 6.82. The van der Waals surface area contributed by atoms with Crippen LogP contribution in [-0.4, -0.2) is 53.0 Å². The van der Waals surface area contributed by atoms with Gasteiger partial charge in [-0.1, -0.05) is 6.07 Å². The molecule has 0 radical (unpaired) electrons. The first kappa shape index (κ1) is 24.8. The monoisotopic (exact) mass is 505 g/mol. The zero-order valence-electron chi connectivity index (χ0n) is 17.5. The van der Waals surface area contributed by atoms with E-state index in [-0.39, 0.29) is 24.0 Å². The summed E-state index contributed by atoms with van der Waals surface area (Å²) in [6.07, 6.45) is 5.68. The highest BCUT2D eigenvalue weighted by atomic mass is 127. The highest BCUT2D eigenvalue weighted by Crippen LogP contribution is 2.29. The Kier molecular flexibility index (Phi) is 13.1. The molecule has 2 rings (SSSR count). The van der Waals surface area contributed by atoms with E-state index in [2.05, 4.69) is 27.8 Å². The van der Waals surface area contributed by atoms with Gasteiger partial charge in [0.05, 0.1) is 13.7 Å². The highest BCUT2D eigenvalue weighted by Gasteiger charge is 2.20. The fourth-order valence-electron chi connectivity index (χ4n) is 2.78. The molecule has 1 saturated carbocycles. The number of methoxy groups -OCH3 is 1. The molecule has 0 unspecified atom stereocenters. The van der Waals surface area contributed by atoms with Crippen LogP contribution in [0.15, 0.2) is 23.2 Å². The fraction of sp³-hybridized carbons (Fsp3) is 0.667. The van der Waals surface area contributed by atoms with Crippen molar-refractivity contribution in [1.82, 2.24) is 10.6 Å². The second kappa shape index (κ2) is 14.7. The topological polar surface area (TPSA) is 64.1 Å². The van der Waals surface area contributed by atoms with Gasteiger partial charge < -0.3 is 24.8 Å². The lowest BCUT2D eigenvalue weighted by Crippen LogP contribution is -2.38. The summed E-state index contributed by atoms with van der Waals surface area (Å²) in [4.78, 5) is 4.27. The maximum absolute atomic E-state index is 5.64. The molecule has 1 fully saturated rings. The molecule has 0 aromatic heterocycles. The molecule has 0 atom stereocenters. The molecule has 1 aromatic carbocycles. The smallest absolute Gasteiger partial charge is 0.190 e. The summed E-state index contributed by atoms with van der Waals surface area (Å²) < 4.78 is 16.6. The summed E-state index contributed by atoms with van der Waals surface area (Å²) in [6.45, 7) is 6.11. The van der Waals surface area contributed by atoms with Crippen molar-refractivity contribution in [2.24, 2.45) is 10.9 Å². The zero-order valence-corrected chi connectivity index (χ0v) is 19.8. The SMILES string of the molecule is CCOc1cc(CCCNC(=NC)NCCCOCC2CC2)ccc1OC.I. The Labute approximate surface area is 186 Å². The molecule has 0 aliphatic heterocycles. The molecule has 7 heteroatoms. The number of aliphatic imine (C=N–C) groups is 1. The summed E-state index contributed by atoms with van der Waals surface area (Å²) in [7, 11) is 3.47. The number of nitrogens with one attached hydrogen (secondary N) is 2. The van der Waals surface area contributed by atoms with Gasteiger partial charge in [0.25, 0.3) is 0 Å². The number of rotatable bonds is 13. The molecule has 160 valence electrons. The quantitative estimate of drug-likeness (QED) is 0.186. The van der Waals surface area contributed by atoms with Crippen LogP contribution in [0.5, 0.6) is 11.5 Å². The molecular formula is C21H36IN3O3. The van der Waals surface area contributed by atoms with Crippen LogP contribution in [0.25, 0.3) is 0 Å². The van der Waals surface area contributed by atoms with Crippen LogP contribution in [-0.2, 0) is 11.2 Å². The van der Waals surface area contributed by atoms with Gasteiger partial charge in [0, 0.05) is 33.4 Å². The predicted molar refractivity (Wildman–Crippen MR) is 125 cm³/mol. The van der Waals surface area contributed by atoms with Crippen LogP contribution in [0.4, 0.5) is 0 Å². The lowest BCUT2D eigenvalue weighted by molar-refractivity contribution is 0.123. The van der Waals surface area contributed by atoms with Crippen LogP contribution in [0.1, 0.15) is 38.2 Å². The number of guanidine groups is 1. The molecule has 1 aliphatic rings. The van der Waals surface area contributed by atoms with Crippen molar-refractivity contribution in [2.75, 3.05) is 47.1 Å². The first-order chi connectivity index (χ1) is 13.3. The predicted octanol–water partition coefficient (Wildman–Crippen LogP) is 3.63. The number of benzene rings is 1. The van der Waals surface area contributed by atoms with E-state index >= 15 is 0 Å². The van der Waals surface area contributed by atoms with Gasteiger partial charge in [0.2, 0.25) is 0 Å². The Morgan fingerprint density at radius 3 is 2.54 bits per heavy atom. The number of halogens is 1. The Balaban J connectivity index is 0.00000392. The van der Waals surface area contributed by atoms with E-state index in [4.69, 9.17) is 14.2 Å². The van der Waals surface area contributed by atoms with Crippen molar-refractivity contribution < 1.29 is 14.2 Å². The summed E-state index contributed by atoms with van der Waals surface area (Å²) in [6, 6.07) is 6.13. The summed E-state index contributed by atoms with van der Waals surface area (Å²) >= 11 is 0. The molecule has 6 nitrogen and oxygen atoms in total. The highest BCUT2D eigenvalue weighted by molar-refractivity contribution is 14.0. The second-order valence-corrected chi connectivity index (χ2v) is 6.82. The van der Waals surface area contributed by atoms with Gasteiger partial charge in [-0.2, -0.15) is 0 Å². The van der Waals surface area contributed by atoms with Crippen molar-refractivity contribution in [1.29, 1.82) is 0 Å². The lowest BCUT2D eigenvalue weighted by Gasteiger charge is -2.13. The van der Waals surface area contributed by atoms with Gasteiger partial charge >= 0.3 is 0 Å². The van der Waals surface area contributed by atoms with E-state index in [0.29, 0.717) is 6.61 Å². The lowest BCUT2D eigenvalue weighted by atomic mass is 10.1. The van der Waals surface area contributed by atoms with Gasteiger partial charge in [-0.25, -0.2) is 0 Å². The normalized spacial score (nSPS) is 13.6. The maximum Gasteiger partial charge on any atom is 0.190 e. The number of ether oxygens (including phenoxy) is 3. The minimum Gasteiger partial charge on any atom is -0.493 e. The Bertz CT molecular complexity index is 580. The molecule has 28 heavy (non-hydrogen) atoms. The van der Waals surface area contributed by atoms with Crippen LogP contribution in [0.3, 0.4) is 0 Å². The largest absolute Gasteiger partial charge is 0.493 e. The summed E-state index contributed by atoms with van der Waals surface area (Å²) in [5.41, 5.74) is 1.25. The van der Waals surface area contributed by atoms with Gasteiger partial charge in [-0.05, 0) is 62.6 Å². The van der Waals surface area contributed by atoms with E-state index in [1.807, 2.05) is 13.0 Å². The van der Waals surface area contributed by atoms with Gasteiger partial charge in [0.15, 0.2) is 17.5 Å². The molecular weight excluding hydrogens is 469 g/mol. The average Bonchev–Trinajstić information content (AvgIpc) is 3.51. The summed E-state index contributed by atoms with van der Waals surface area (Å²) in [5, 5.41) is 6.70. The third-order valence-electron chi connectivity index (χ3n) is 4.49. The zero-order chi connectivity index (χ0) is 19.3. The van der Waals surface area contributed by atoms with E-state index < -0.39 is 0 Å². The van der Waals surface area contributed by atoms with Gasteiger partial charge in [-0.15, -0.1) is 24.0 Å².